The van der Waals surface area contributed by atoms with Gasteiger partial charge in [0.2, 0.25) is 5.95 Å². The molecule has 1 unspecified atom stereocenters. The van der Waals surface area contributed by atoms with E-state index in [2.05, 4.69) is 39.7 Å². The molecule has 8 heteroatoms. The molecule has 8 nitrogen and oxygen atoms in total. The van der Waals surface area contributed by atoms with Gasteiger partial charge in [-0.05, 0) is 39.3 Å². The molecule has 0 aromatic carbocycles. The Bertz CT molecular complexity index is 915. The third kappa shape index (κ3) is 3.80. The number of aromatic nitrogens is 6. The lowest BCUT2D eigenvalue weighted by molar-refractivity contribution is 0.236. The Morgan fingerprint density at radius 3 is 2.59 bits per heavy atom. The minimum absolute atomic E-state index is 0.198. The van der Waals surface area contributed by atoms with Gasteiger partial charge in [0.1, 0.15) is 11.5 Å². The normalized spacial score (nSPS) is 17.4. The van der Waals surface area contributed by atoms with Gasteiger partial charge in [0.15, 0.2) is 5.82 Å². The van der Waals surface area contributed by atoms with E-state index in [9.17, 15) is 0 Å². The Balaban J connectivity index is 1.60. The molecule has 0 aliphatic carbocycles. The van der Waals surface area contributed by atoms with Crippen molar-refractivity contribution in [1.29, 1.82) is 0 Å². The number of hydrogen-bond acceptors (Lipinski definition) is 7. The highest BCUT2D eigenvalue weighted by molar-refractivity contribution is 5.52. The summed E-state index contributed by atoms with van der Waals surface area (Å²) in [6.07, 6.45) is 9.45. The average Bonchev–Trinajstić information content (AvgIpc) is 3.24. The molecule has 0 radical (unpaired) electrons. The van der Waals surface area contributed by atoms with Gasteiger partial charge in [-0.25, -0.2) is 19.9 Å². The molecule has 0 saturated carbocycles. The number of nitrogens with zero attached hydrogens (tertiary/aromatic N) is 7. The first-order valence-electron chi connectivity index (χ1n) is 9.20. The summed E-state index contributed by atoms with van der Waals surface area (Å²) in [5, 5.41) is 3.28. The molecule has 3 aromatic heterocycles. The lowest BCUT2D eigenvalue weighted by Gasteiger charge is -2.24. The molecule has 4 rings (SSSR count). The number of rotatable bonds is 5. The van der Waals surface area contributed by atoms with Crippen LogP contribution in [0.5, 0.6) is 0 Å². The quantitative estimate of drug-likeness (QED) is 0.745. The van der Waals surface area contributed by atoms with E-state index in [1.54, 1.807) is 12.4 Å². The highest BCUT2D eigenvalue weighted by Crippen LogP contribution is 2.35. The van der Waals surface area contributed by atoms with E-state index in [1.165, 1.54) is 0 Å². The van der Waals surface area contributed by atoms with Gasteiger partial charge >= 0.3 is 0 Å². The molecule has 1 atom stereocenters. The minimum atomic E-state index is 0.198. The van der Waals surface area contributed by atoms with Crippen LogP contribution in [0, 0.1) is 13.8 Å². The van der Waals surface area contributed by atoms with Crippen molar-refractivity contribution in [1.82, 2.24) is 34.4 Å². The predicted molar refractivity (Wildman–Crippen MR) is 102 cm³/mol. The van der Waals surface area contributed by atoms with Crippen molar-refractivity contribution in [2.75, 3.05) is 11.9 Å². The lowest BCUT2D eigenvalue weighted by Crippen LogP contribution is -2.26. The Hall–Kier alpha value is -2.87. The largest absolute Gasteiger partial charge is 0.337 e. The minimum Gasteiger partial charge on any atom is -0.337 e. The SMILES string of the molecule is Cc1cc(C)nc(Nc2nccnc2C2CCCN2Cc2nccn2C)n1. The van der Waals surface area contributed by atoms with Crippen molar-refractivity contribution in [2.45, 2.75) is 39.3 Å². The second-order valence-corrected chi connectivity index (χ2v) is 6.97. The third-order valence-electron chi connectivity index (χ3n) is 4.88. The Morgan fingerprint density at radius 2 is 1.85 bits per heavy atom. The maximum atomic E-state index is 4.65. The van der Waals surface area contributed by atoms with Gasteiger partial charge < -0.3 is 9.88 Å². The standard InChI is InChI=1S/C19H24N8/c1-13-11-14(2)24-19(23-13)25-18-17(21-6-7-22-18)15-5-4-9-27(15)12-16-20-8-10-26(16)3/h6-8,10-11,15H,4-5,9,12H2,1-3H3,(H,22,23,24,25). The van der Waals surface area contributed by atoms with E-state index in [1.807, 2.05) is 39.4 Å². The number of nitrogens with one attached hydrogen (secondary N) is 1. The molecule has 1 fully saturated rings. The second-order valence-electron chi connectivity index (χ2n) is 6.97. The number of anilines is 2. The van der Waals surface area contributed by atoms with Gasteiger partial charge in [-0.1, -0.05) is 0 Å². The molecule has 0 spiro atoms. The summed E-state index contributed by atoms with van der Waals surface area (Å²) >= 11 is 0. The van der Waals surface area contributed by atoms with Crippen molar-refractivity contribution < 1.29 is 0 Å². The van der Waals surface area contributed by atoms with E-state index >= 15 is 0 Å². The van der Waals surface area contributed by atoms with Crippen molar-refractivity contribution in [3.05, 3.63) is 53.8 Å². The van der Waals surface area contributed by atoms with E-state index < -0.39 is 0 Å². The molecule has 1 aliphatic heterocycles. The van der Waals surface area contributed by atoms with E-state index in [0.717, 1.165) is 54.7 Å². The zero-order chi connectivity index (χ0) is 18.8. The maximum Gasteiger partial charge on any atom is 0.228 e. The van der Waals surface area contributed by atoms with E-state index in [4.69, 9.17) is 0 Å². The molecule has 27 heavy (non-hydrogen) atoms. The molecule has 1 saturated heterocycles. The summed E-state index contributed by atoms with van der Waals surface area (Å²) in [5.74, 6) is 2.33. The first-order chi connectivity index (χ1) is 13.1. The second kappa shape index (κ2) is 7.40. The van der Waals surface area contributed by atoms with Crippen LogP contribution in [0.3, 0.4) is 0 Å². The van der Waals surface area contributed by atoms with Crippen LogP contribution in [0.15, 0.2) is 30.9 Å². The molecule has 4 heterocycles. The van der Waals surface area contributed by atoms with Crippen LogP contribution in [0.25, 0.3) is 0 Å². The smallest absolute Gasteiger partial charge is 0.228 e. The summed E-state index contributed by atoms with van der Waals surface area (Å²) in [4.78, 5) is 25.0. The number of likely N-dealkylation sites (tertiary alicyclic amines) is 1. The van der Waals surface area contributed by atoms with Gasteiger partial charge in [0.25, 0.3) is 0 Å². The fourth-order valence-electron chi connectivity index (χ4n) is 3.63. The Labute approximate surface area is 158 Å². The van der Waals surface area contributed by atoms with Gasteiger partial charge in [0.05, 0.1) is 12.6 Å². The summed E-state index contributed by atoms with van der Waals surface area (Å²) in [6, 6.07) is 2.15. The average molecular weight is 364 g/mol. The summed E-state index contributed by atoms with van der Waals surface area (Å²) in [5.41, 5.74) is 2.78. The molecule has 1 N–H and O–H groups in total. The van der Waals surface area contributed by atoms with Crippen LogP contribution >= 0.6 is 0 Å². The van der Waals surface area contributed by atoms with Crippen molar-refractivity contribution in [2.24, 2.45) is 7.05 Å². The molecule has 1 aliphatic rings. The lowest BCUT2D eigenvalue weighted by atomic mass is 10.1. The molecule has 3 aromatic rings. The summed E-state index contributed by atoms with van der Waals surface area (Å²) in [6.45, 7) is 5.74. The van der Waals surface area contributed by atoms with Crippen LogP contribution in [-0.2, 0) is 13.6 Å². The van der Waals surface area contributed by atoms with Crippen LogP contribution in [0.4, 0.5) is 11.8 Å². The van der Waals surface area contributed by atoms with Crippen molar-refractivity contribution in [3.8, 4) is 0 Å². The zero-order valence-corrected chi connectivity index (χ0v) is 15.9. The predicted octanol–water partition coefficient (Wildman–Crippen LogP) is 2.70. The van der Waals surface area contributed by atoms with E-state index in [0.29, 0.717) is 5.95 Å². The summed E-state index contributed by atoms with van der Waals surface area (Å²) in [7, 11) is 2.03. The molecule has 0 amide bonds. The summed E-state index contributed by atoms with van der Waals surface area (Å²) < 4.78 is 2.06. The van der Waals surface area contributed by atoms with Crippen LogP contribution in [0.2, 0.25) is 0 Å². The van der Waals surface area contributed by atoms with Crippen molar-refractivity contribution in [3.63, 3.8) is 0 Å². The van der Waals surface area contributed by atoms with Crippen molar-refractivity contribution >= 4 is 11.8 Å². The molecule has 0 bridgehead atoms. The fourth-order valence-corrected chi connectivity index (χ4v) is 3.63. The third-order valence-corrected chi connectivity index (χ3v) is 4.88. The maximum absolute atomic E-state index is 4.65. The number of aryl methyl sites for hydroxylation is 3. The van der Waals surface area contributed by atoms with Gasteiger partial charge in [-0.3, -0.25) is 9.88 Å². The van der Waals surface area contributed by atoms with Crippen LogP contribution < -0.4 is 5.32 Å². The van der Waals surface area contributed by atoms with Gasteiger partial charge in [-0.15, -0.1) is 0 Å². The van der Waals surface area contributed by atoms with Crippen LogP contribution in [-0.4, -0.2) is 40.9 Å². The molecule has 140 valence electrons. The monoisotopic (exact) mass is 364 g/mol. The van der Waals surface area contributed by atoms with Crippen LogP contribution in [0.1, 0.15) is 41.8 Å². The Kier molecular flexibility index (Phi) is 4.81. The van der Waals surface area contributed by atoms with E-state index in [-0.39, 0.29) is 6.04 Å². The fraction of sp³-hybridized carbons (Fsp3) is 0.421. The number of hydrogen-bond donors (Lipinski definition) is 1. The molecular formula is C19H24N8. The first kappa shape index (κ1) is 17.5. The Morgan fingerprint density at radius 1 is 1.07 bits per heavy atom. The zero-order valence-electron chi connectivity index (χ0n) is 15.9. The number of imidazole rings is 1. The molecular weight excluding hydrogens is 340 g/mol. The highest BCUT2D eigenvalue weighted by atomic mass is 15.2. The van der Waals surface area contributed by atoms with Gasteiger partial charge in [0, 0.05) is 43.2 Å². The topological polar surface area (TPSA) is 84.7 Å². The van der Waals surface area contributed by atoms with Gasteiger partial charge in [-0.2, -0.15) is 0 Å². The highest BCUT2D eigenvalue weighted by Gasteiger charge is 2.30. The first-order valence-corrected chi connectivity index (χ1v) is 9.20.